The number of likely N-dealkylation sites (N-methyl/N-ethyl adjacent to an activating group) is 1. The molecule has 0 saturated carbocycles. The second kappa shape index (κ2) is 7.24. The fraction of sp³-hybridized carbons (Fsp3) is 0.500. The van der Waals surface area contributed by atoms with E-state index in [9.17, 15) is 4.39 Å². The Balaban J connectivity index is 1.94. The van der Waals surface area contributed by atoms with Gasteiger partial charge in [-0.25, -0.2) is 4.39 Å². The zero-order valence-electron chi connectivity index (χ0n) is 12.0. The van der Waals surface area contributed by atoms with E-state index in [-0.39, 0.29) is 24.3 Å². The number of rotatable bonds is 5. The molecule has 7 heteroatoms. The summed E-state index contributed by atoms with van der Waals surface area (Å²) in [6.45, 7) is 5.69. The highest BCUT2D eigenvalue weighted by Gasteiger charge is 2.20. The SMILES string of the molecule is CCN1CCOC(COc2ccc(/C(N)=N/O)cc2F)C1. The van der Waals surface area contributed by atoms with E-state index in [0.717, 1.165) is 19.6 Å². The summed E-state index contributed by atoms with van der Waals surface area (Å²) in [4.78, 5) is 2.26. The number of benzene rings is 1. The molecule has 1 fully saturated rings. The molecule has 0 aliphatic carbocycles. The summed E-state index contributed by atoms with van der Waals surface area (Å²) in [5.74, 6) is -0.571. The highest BCUT2D eigenvalue weighted by atomic mass is 19.1. The quantitative estimate of drug-likeness (QED) is 0.367. The van der Waals surface area contributed by atoms with Gasteiger partial charge >= 0.3 is 0 Å². The molecule has 1 aromatic rings. The number of hydrogen-bond donors (Lipinski definition) is 2. The molecule has 0 bridgehead atoms. The molecule has 0 amide bonds. The maximum absolute atomic E-state index is 13.9. The normalized spacial score (nSPS) is 20.5. The van der Waals surface area contributed by atoms with Gasteiger partial charge in [-0.3, -0.25) is 4.90 Å². The number of hydrogen-bond acceptors (Lipinski definition) is 5. The predicted octanol–water partition coefficient (Wildman–Crippen LogP) is 1.02. The number of morpholine rings is 1. The molecule has 1 aliphatic rings. The second-order valence-corrected chi connectivity index (χ2v) is 4.83. The van der Waals surface area contributed by atoms with Gasteiger partial charge < -0.3 is 20.4 Å². The van der Waals surface area contributed by atoms with Crippen molar-refractivity contribution in [2.45, 2.75) is 13.0 Å². The van der Waals surface area contributed by atoms with Gasteiger partial charge in [-0.15, -0.1) is 0 Å². The molecule has 116 valence electrons. The molecule has 6 nitrogen and oxygen atoms in total. The average Bonchev–Trinajstić information content (AvgIpc) is 2.53. The Bertz CT molecular complexity index is 510. The number of amidine groups is 1. The second-order valence-electron chi connectivity index (χ2n) is 4.83. The van der Waals surface area contributed by atoms with Crippen LogP contribution in [0.25, 0.3) is 0 Å². The number of halogens is 1. The first-order valence-electron chi connectivity index (χ1n) is 6.88. The number of ether oxygens (including phenoxy) is 2. The summed E-state index contributed by atoms with van der Waals surface area (Å²) in [5.41, 5.74) is 5.70. The van der Waals surface area contributed by atoms with E-state index in [1.54, 1.807) is 0 Å². The topological polar surface area (TPSA) is 80.3 Å². The van der Waals surface area contributed by atoms with Crippen LogP contribution < -0.4 is 10.5 Å². The van der Waals surface area contributed by atoms with Crippen molar-refractivity contribution in [2.75, 3.05) is 32.8 Å². The lowest BCUT2D eigenvalue weighted by Crippen LogP contribution is -2.44. The number of oxime groups is 1. The van der Waals surface area contributed by atoms with E-state index < -0.39 is 5.82 Å². The lowest BCUT2D eigenvalue weighted by molar-refractivity contribution is -0.0468. The third-order valence-corrected chi connectivity index (χ3v) is 3.43. The van der Waals surface area contributed by atoms with Crippen LogP contribution in [-0.2, 0) is 4.74 Å². The van der Waals surface area contributed by atoms with Gasteiger partial charge in [0.1, 0.15) is 12.7 Å². The summed E-state index contributed by atoms with van der Waals surface area (Å²) in [7, 11) is 0. The highest BCUT2D eigenvalue weighted by Crippen LogP contribution is 2.19. The van der Waals surface area contributed by atoms with Gasteiger partial charge in [-0.1, -0.05) is 12.1 Å². The minimum atomic E-state index is -0.553. The molecule has 3 N–H and O–H groups in total. The van der Waals surface area contributed by atoms with E-state index in [1.165, 1.54) is 18.2 Å². The number of nitrogens with zero attached hydrogens (tertiary/aromatic N) is 2. The van der Waals surface area contributed by atoms with Gasteiger partial charge in [0.05, 0.1) is 6.61 Å². The maximum atomic E-state index is 13.9. The van der Waals surface area contributed by atoms with Crippen molar-refractivity contribution in [3.8, 4) is 5.75 Å². The third-order valence-electron chi connectivity index (χ3n) is 3.43. The van der Waals surface area contributed by atoms with Gasteiger partial charge in [0.15, 0.2) is 17.4 Å². The van der Waals surface area contributed by atoms with Gasteiger partial charge in [0.2, 0.25) is 0 Å². The zero-order chi connectivity index (χ0) is 15.2. The Hall–Kier alpha value is -1.86. The van der Waals surface area contributed by atoms with E-state index >= 15 is 0 Å². The van der Waals surface area contributed by atoms with Crippen LogP contribution in [0.4, 0.5) is 4.39 Å². The van der Waals surface area contributed by atoms with Crippen molar-refractivity contribution >= 4 is 5.84 Å². The van der Waals surface area contributed by atoms with Crippen LogP contribution in [0.5, 0.6) is 5.75 Å². The summed E-state index contributed by atoms with van der Waals surface area (Å²) in [6, 6.07) is 4.17. The highest BCUT2D eigenvalue weighted by molar-refractivity contribution is 5.97. The first-order chi connectivity index (χ1) is 10.1. The molecule has 0 radical (unpaired) electrons. The molecule has 1 saturated heterocycles. The Morgan fingerprint density at radius 2 is 2.43 bits per heavy atom. The van der Waals surface area contributed by atoms with E-state index in [1.807, 2.05) is 0 Å². The smallest absolute Gasteiger partial charge is 0.170 e. The fourth-order valence-corrected chi connectivity index (χ4v) is 2.19. The van der Waals surface area contributed by atoms with Gasteiger partial charge in [0, 0.05) is 18.7 Å². The van der Waals surface area contributed by atoms with E-state index in [4.69, 9.17) is 20.4 Å². The van der Waals surface area contributed by atoms with Crippen LogP contribution in [0, 0.1) is 5.82 Å². The van der Waals surface area contributed by atoms with Crippen molar-refractivity contribution in [1.29, 1.82) is 0 Å². The minimum absolute atomic E-state index is 0.0677. The van der Waals surface area contributed by atoms with Crippen molar-refractivity contribution in [3.05, 3.63) is 29.6 Å². The zero-order valence-corrected chi connectivity index (χ0v) is 12.0. The molecular weight excluding hydrogens is 277 g/mol. The molecule has 1 unspecified atom stereocenters. The summed E-state index contributed by atoms with van der Waals surface area (Å²) < 4.78 is 24.9. The van der Waals surface area contributed by atoms with Crippen LogP contribution in [0.3, 0.4) is 0 Å². The van der Waals surface area contributed by atoms with Crippen LogP contribution >= 0.6 is 0 Å². The molecule has 0 spiro atoms. The molecule has 1 aliphatic heterocycles. The Kier molecular flexibility index (Phi) is 5.35. The minimum Gasteiger partial charge on any atom is -0.488 e. The van der Waals surface area contributed by atoms with Gasteiger partial charge in [-0.2, -0.15) is 0 Å². The van der Waals surface area contributed by atoms with Gasteiger partial charge in [0.25, 0.3) is 0 Å². The standard InChI is InChI=1S/C14H20FN3O3/c1-2-18-5-6-20-11(8-18)9-21-13-4-3-10(7-12(13)15)14(16)17-19/h3-4,7,11,19H,2,5-6,8-9H2,1H3,(H2,16,17). The first kappa shape index (κ1) is 15.5. The largest absolute Gasteiger partial charge is 0.488 e. The Morgan fingerprint density at radius 3 is 3.10 bits per heavy atom. The molecule has 0 aromatic heterocycles. The molecule has 1 atom stereocenters. The summed E-state index contributed by atoms with van der Waals surface area (Å²) in [6.07, 6.45) is -0.0677. The number of nitrogens with two attached hydrogens (primary N) is 1. The Morgan fingerprint density at radius 1 is 1.62 bits per heavy atom. The van der Waals surface area contributed by atoms with E-state index in [0.29, 0.717) is 12.2 Å². The monoisotopic (exact) mass is 297 g/mol. The van der Waals surface area contributed by atoms with Crippen LogP contribution in [-0.4, -0.2) is 54.9 Å². The summed E-state index contributed by atoms with van der Waals surface area (Å²) >= 11 is 0. The molecule has 21 heavy (non-hydrogen) atoms. The average molecular weight is 297 g/mol. The molecule has 1 aromatic carbocycles. The van der Waals surface area contributed by atoms with Crippen molar-refractivity contribution in [3.63, 3.8) is 0 Å². The van der Waals surface area contributed by atoms with Crippen LogP contribution in [0.1, 0.15) is 12.5 Å². The van der Waals surface area contributed by atoms with Crippen LogP contribution in [0.2, 0.25) is 0 Å². The molecule has 1 heterocycles. The van der Waals surface area contributed by atoms with Crippen molar-refractivity contribution in [2.24, 2.45) is 10.9 Å². The lowest BCUT2D eigenvalue weighted by Gasteiger charge is -2.31. The van der Waals surface area contributed by atoms with Crippen molar-refractivity contribution in [1.82, 2.24) is 4.90 Å². The lowest BCUT2D eigenvalue weighted by atomic mass is 10.2. The fourth-order valence-electron chi connectivity index (χ4n) is 2.19. The summed E-state index contributed by atoms with van der Waals surface area (Å²) in [5, 5.41) is 11.4. The molecular formula is C14H20FN3O3. The van der Waals surface area contributed by atoms with E-state index in [2.05, 4.69) is 17.0 Å². The predicted molar refractivity (Wildman–Crippen MR) is 76.3 cm³/mol. The third kappa shape index (κ3) is 4.05. The molecule has 2 rings (SSSR count). The van der Waals surface area contributed by atoms with Gasteiger partial charge in [-0.05, 0) is 24.7 Å². The van der Waals surface area contributed by atoms with Crippen LogP contribution in [0.15, 0.2) is 23.4 Å². The first-order valence-corrected chi connectivity index (χ1v) is 6.88. The van der Waals surface area contributed by atoms with Crippen molar-refractivity contribution < 1.29 is 19.1 Å². The Labute approximate surface area is 122 Å². The maximum Gasteiger partial charge on any atom is 0.170 e.